The van der Waals surface area contributed by atoms with Gasteiger partial charge in [-0.15, -0.1) is 0 Å². The van der Waals surface area contributed by atoms with Crippen molar-refractivity contribution in [3.05, 3.63) is 29.8 Å². The zero-order valence-corrected chi connectivity index (χ0v) is 11.5. The van der Waals surface area contributed by atoms with Crippen molar-refractivity contribution in [3.8, 4) is 0 Å². The van der Waals surface area contributed by atoms with Crippen molar-refractivity contribution in [1.82, 2.24) is 4.31 Å². The SMILES string of the molecule is O=S(=O)(c1cccc(C(F)(F)F)c1)N1C[C@@H](F)C[C@H]1CO. The van der Waals surface area contributed by atoms with Crippen molar-refractivity contribution >= 4 is 10.0 Å². The quantitative estimate of drug-likeness (QED) is 0.861. The molecule has 2 atom stereocenters. The monoisotopic (exact) mass is 327 g/mol. The van der Waals surface area contributed by atoms with Gasteiger partial charge in [0, 0.05) is 6.54 Å². The second kappa shape index (κ2) is 5.54. The smallest absolute Gasteiger partial charge is 0.395 e. The average Bonchev–Trinajstić information content (AvgIpc) is 2.80. The van der Waals surface area contributed by atoms with Crippen LogP contribution in [-0.2, 0) is 16.2 Å². The minimum absolute atomic E-state index is 0.172. The minimum atomic E-state index is -4.67. The lowest BCUT2D eigenvalue weighted by Crippen LogP contribution is -2.37. The Kier molecular flexibility index (Phi) is 4.27. The molecule has 0 aliphatic carbocycles. The van der Waals surface area contributed by atoms with Gasteiger partial charge in [0.15, 0.2) is 0 Å². The van der Waals surface area contributed by atoms with Crippen LogP contribution < -0.4 is 0 Å². The summed E-state index contributed by atoms with van der Waals surface area (Å²) in [4.78, 5) is -0.565. The third-order valence-corrected chi connectivity index (χ3v) is 5.21. The molecule has 1 aromatic rings. The first-order valence-electron chi connectivity index (χ1n) is 6.10. The van der Waals surface area contributed by atoms with Gasteiger partial charge in [-0.2, -0.15) is 17.5 Å². The number of sulfonamides is 1. The molecule has 1 aliphatic rings. The number of hydrogen-bond acceptors (Lipinski definition) is 3. The molecule has 2 rings (SSSR count). The normalized spacial score (nSPS) is 24.4. The number of aliphatic hydroxyl groups excluding tert-OH is 1. The van der Waals surface area contributed by atoms with Crippen molar-refractivity contribution in [2.75, 3.05) is 13.2 Å². The summed E-state index contributed by atoms with van der Waals surface area (Å²) >= 11 is 0. The molecule has 0 unspecified atom stereocenters. The zero-order valence-electron chi connectivity index (χ0n) is 10.7. The first kappa shape index (κ1) is 16.2. The molecule has 1 N–H and O–H groups in total. The molecular weight excluding hydrogens is 314 g/mol. The van der Waals surface area contributed by atoms with Gasteiger partial charge < -0.3 is 5.11 Å². The Morgan fingerprint density at radius 2 is 2.00 bits per heavy atom. The standard InChI is InChI=1S/C12H13F4NO3S/c13-9-5-10(7-18)17(6-9)21(19,20)11-3-1-2-8(4-11)12(14,15)16/h1-4,9-10,18H,5-7H2/t9-,10-/m0/s1. The number of nitrogens with zero attached hydrogens (tertiary/aromatic N) is 1. The molecule has 0 saturated carbocycles. The molecule has 1 aliphatic heterocycles. The molecule has 0 bridgehead atoms. The van der Waals surface area contributed by atoms with E-state index in [1.807, 2.05) is 0 Å². The number of aliphatic hydroxyl groups is 1. The van der Waals surface area contributed by atoms with Crippen LogP contribution in [0, 0.1) is 0 Å². The average molecular weight is 327 g/mol. The summed E-state index contributed by atoms with van der Waals surface area (Å²) in [6, 6.07) is 2.30. The first-order chi connectivity index (χ1) is 9.66. The van der Waals surface area contributed by atoms with E-state index in [1.54, 1.807) is 0 Å². The fourth-order valence-electron chi connectivity index (χ4n) is 2.26. The predicted octanol–water partition coefficient (Wildman–Crippen LogP) is 1.80. The van der Waals surface area contributed by atoms with Crippen LogP contribution in [0.15, 0.2) is 29.2 Å². The van der Waals surface area contributed by atoms with E-state index in [0.717, 1.165) is 18.2 Å². The number of alkyl halides is 4. The second-order valence-electron chi connectivity index (χ2n) is 4.77. The van der Waals surface area contributed by atoms with Crippen molar-refractivity contribution in [1.29, 1.82) is 0 Å². The molecule has 1 heterocycles. The molecule has 1 fully saturated rings. The van der Waals surface area contributed by atoms with Crippen molar-refractivity contribution < 1.29 is 31.1 Å². The van der Waals surface area contributed by atoms with E-state index in [-0.39, 0.29) is 6.42 Å². The second-order valence-corrected chi connectivity index (χ2v) is 6.66. The Labute approximate surface area is 119 Å². The summed E-state index contributed by atoms with van der Waals surface area (Å²) in [6.45, 7) is -1.05. The van der Waals surface area contributed by atoms with E-state index in [4.69, 9.17) is 5.11 Å². The molecule has 0 aromatic heterocycles. The molecule has 1 aromatic carbocycles. The molecular formula is C12H13F4NO3S. The highest BCUT2D eigenvalue weighted by Gasteiger charge is 2.41. The van der Waals surface area contributed by atoms with E-state index >= 15 is 0 Å². The number of rotatable bonds is 3. The first-order valence-corrected chi connectivity index (χ1v) is 7.54. The fourth-order valence-corrected chi connectivity index (χ4v) is 3.96. The van der Waals surface area contributed by atoms with Gasteiger partial charge in [-0.25, -0.2) is 12.8 Å². The molecule has 0 radical (unpaired) electrons. The maximum Gasteiger partial charge on any atom is 0.416 e. The summed E-state index contributed by atoms with van der Waals surface area (Å²) in [6.07, 6.45) is -6.28. The Hall–Kier alpha value is -1.19. The lowest BCUT2D eigenvalue weighted by molar-refractivity contribution is -0.137. The number of hydrogen-bond donors (Lipinski definition) is 1. The van der Waals surface area contributed by atoms with Gasteiger partial charge in [-0.3, -0.25) is 0 Å². The Morgan fingerprint density at radius 3 is 2.57 bits per heavy atom. The molecule has 0 amide bonds. The van der Waals surface area contributed by atoms with Gasteiger partial charge in [0.2, 0.25) is 10.0 Å². The van der Waals surface area contributed by atoms with Crippen molar-refractivity contribution in [3.63, 3.8) is 0 Å². The lowest BCUT2D eigenvalue weighted by Gasteiger charge is -2.22. The van der Waals surface area contributed by atoms with Gasteiger partial charge in [0.05, 0.1) is 23.1 Å². The van der Waals surface area contributed by atoms with Crippen LogP contribution in [0.1, 0.15) is 12.0 Å². The lowest BCUT2D eigenvalue weighted by atomic mass is 10.2. The van der Waals surface area contributed by atoms with Crippen LogP contribution in [-0.4, -0.2) is 43.2 Å². The molecule has 9 heteroatoms. The number of halogens is 4. The van der Waals surface area contributed by atoms with Crippen LogP contribution in [0.3, 0.4) is 0 Å². The summed E-state index contributed by atoms with van der Waals surface area (Å²) in [7, 11) is -4.28. The molecule has 118 valence electrons. The van der Waals surface area contributed by atoms with E-state index in [9.17, 15) is 26.0 Å². The van der Waals surface area contributed by atoms with E-state index < -0.39 is 52.0 Å². The maximum atomic E-state index is 13.3. The summed E-state index contributed by atoms with van der Waals surface area (Å²) in [5.41, 5.74) is -1.10. The van der Waals surface area contributed by atoms with Crippen LogP contribution in [0.25, 0.3) is 0 Å². The Balaban J connectivity index is 2.40. The highest BCUT2D eigenvalue weighted by Crippen LogP contribution is 2.33. The Bertz CT molecular complexity index is 617. The third-order valence-electron chi connectivity index (χ3n) is 3.29. The summed E-state index contributed by atoms with van der Waals surface area (Å²) < 4.78 is 76.6. The van der Waals surface area contributed by atoms with Crippen LogP contribution in [0.2, 0.25) is 0 Å². The van der Waals surface area contributed by atoms with E-state index in [2.05, 4.69) is 0 Å². The van der Waals surface area contributed by atoms with Gasteiger partial charge in [0.1, 0.15) is 6.17 Å². The predicted molar refractivity (Wildman–Crippen MR) is 65.7 cm³/mol. The zero-order chi connectivity index (χ0) is 15.8. The van der Waals surface area contributed by atoms with Crippen molar-refractivity contribution in [2.45, 2.75) is 29.7 Å². The fraction of sp³-hybridized carbons (Fsp3) is 0.500. The maximum absolute atomic E-state index is 13.3. The summed E-state index contributed by atoms with van der Waals surface area (Å²) in [5.74, 6) is 0. The highest BCUT2D eigenvalue weighted by atomic mass is 32.2. The van der Waals surface area contributed by atoms with Crippen LogP contribution in [0.5, 0.6) is 0 Å². The van der Waals surface area contributed by atoms with Gasteiger partial charge in [0.25, 0.3) is 0 Å². The molecule has 4 nitrogen and oxygen atoms in total. The summed E-state index contributed by atoms with van der Waals surface area (Å²) in [5, 5.41) is 9.10. The van der Waals surface area contributed by atoms with Gasteiger partial charge in [-0.05, 0) is 24.6 Å². The van der Waals surface area contributed by atoms with Crippen LogP contribution in [0.4, 0.5) is 17.6 Å². The minimum Gasteiger partial charge on any atom is -0.395 e. The largest absolute Gasteiger partial charge is 0.416 e. The third kappa shape index (κ3) is 3.19. The topological polar surface area (TPSA) is 57.6 Å². The van der Waals surface area contributed by atoms with Crippen molar-refractivity contribution in [2.24, 2.45) is 0 Å². The molecule has 0 spiro atoms. The highest BCUT2D eigenvalue weighted by molar-refractivity contribution is 7.89. The molecule has 1 saturated heterocycles. The van der Waals surface area contributed by atoms with Crippen LogP contribution >= 0.6 is 0 Å². The molecule has 21 heavy (non-hydrogen) atoms. The van der Waals surface area contributed by atoms with Gasteiger partial charge >= 0.3 is 6.18 Å². The van der Waals surface area contributed by atoms with E-state index in [1.165, 1.54) is 0 Å². The number of benzene rings is 1. The Morgan fingerprint density at radius 1 is 1.33 bits per heavy atom. The van der Waals surface area contributed by atoms with Gasteiger partial charge in [-0.1, -0.05) is 6.07 Å². The van der Waals surface area contributed by atoms with E-state index in [0.29, 0.717) is 10.4 Å².